The normalized spacial score (nSPS) is 12.9. The minimum atomic E-state index is 0.103. The van der Waals surface area contributed by atoms with Crippen LogP contribution >= 0.6 is 0 Å². The number of hydrogen-bond donors (Lipinski definition) is 1. The molecule has 0 saturated heterocycles. The molecule has 0 bridgehead atoms. The highest BCUT2D eigenvalue weighted by atomic mass is 16.5. The summed E-state index contributed by atoms with van der Waals surface area (Å²) in [5.74, 6) is 1.26. The van der Waals surface area contributed by atoms with Crippen molar-refractivity contribution in [2.45, 2.75) is 39.7 Å². The first-order chi connectivity index (χ1) is 8.69. The summed E-state index contributed by atoms with van der Waals surface area (Å²) in [7, 11) is 0. The molecule has 0 radical (unpaired) electrons. The van der Waals surface area contributed by atoms with Crippen LogP contribution in [-0.4, -0.2) is 26.5 Å². The molecule has 2 aromatic rings. The summed E-state index contributed by atoms with van der Waals surface area (Å²) in [5, 5.41) is 8.43. The topological polar surface area (TPSA) is 82.8 Å². The summed E-state index contributed by atoms with van der Waals surface area (Å²) in [5.41, 5.74) is 7.49. The van der Waals surface area contributed by atoms with Gasteiger partial charge in [-0.2, -0.15) is 10.1 Å². The molecule has 6 nitrogen and oxygen atoms in total. The van der Waals surface area contributed by atoms with Crippen LogP contribution in [0.15, 0.2) is 10.6 Å². The van der Waals surface area contributed by atoms with Gasteiger partial charge in [0, 0.05) is 19.0 Å². The first kappa shape index (κ1) is 12.8. The summed E-state index contributed by atoms with van der Waals surface area (Å²) >= 11 is 0. The number of nitrogens with zero attached hydrogens (tertiary/aromatic N) is 4. The van der Waals surface area contributed by atoms with E-state index < -0.39 is 0 Å². The second kappa shape index (κ2) is 5.30. The summed E-state index contributed by atoms with van der Waals surface area (Å²) < 4.78 is 7.17. The molecule has 98 valence electrons. The fourth-order valence-corrected chi connectivity index (χ4v) is 1.70. The number of nitrogens with two attached hydrogens (primary N) is 1. The van der Waals surface area contributed by atoms with Crippen LogP contribution in [0.25, 0.3) is 11.6 Å². The smallest absolute Gasteiger partial charge is 0.276 e. The molecule has 6 heteroatoms. The molecule has 1 atom stereocenters. The van der Waals surface area contributed by atoms with Gasteiger partial charge in [0.05, 0.1) is 5.69 Å². The molecule has 0 aliphatic carbocycles. The van der Waals surface area contributed by atoms with E-state index in [0.29, 0.717) is 18.3 Å². The molecule has 1 unspecified atom stereocenters. The van der Waals surface area contributed by atoms with E-state index >= 15 is 0 Å². The third-order valence-corrected chi connectivity index (χ3v) is 2.95. The van der Waals surface area contributed by atoms with Gasteiger partial charge in [-0.05, 0) is 19.4 Å². The van der Waals surface area contributed by atoms with E-state index in [1.807, 2.05) is 24.6 Å². The highest BCUT2D eigenvalue weighted by Crippen LogP contribution is 2.21. The lowest BCUT2D eigenvalue weighted by Crippen LogP contribution is -2.10. The lowest BCUT2D eigenvalue weighted by atomic mass is 10.2. The van der Waals surface area contributed by atoms with E-state index in [1.165, 1.54) is 0 Å². The summed E-state index contributed by atoms with van der Waals surface area (Å²) in [4.78, 5) is 4.39. The molecular formula is C12H19N5O. The zero-order valence-electron chi connectivity index (χ0n) is 11.1. The van der Waals surface area contributed by atoms with E-state index in [4.69, 9.17) is 10.3 Å². The van der Waals surface area contributed by atoms with Crippen LogP contribution in [0.3, 0.4) is 0 Å². The van der Waals surface area contributed by atoms with E-state index in [9.17, 15) is 0 Å². The molecule has 18 heavy (non-hydrogen) atoms. The predicted molar refractivity (Wildman–Crippen MR) is 68.0 cm³/mol. The summed E-state index contributed by atoms with van der Waals surface area (Å²) in [6.45, 7) is 7.37. The maximum absolute atomic E-state index is 5.59. The van der Waals surface area contributed by atoms with Crippen molar-refractivity contribution >= 4 is 0 Å². The minimum Gasteiger partial charge on any atom is -0.332 e. The lowest BCUT2D eigenvalue weighted by molar-refractivity contribution is 0.414. The zero-order valence-corrected chi connectivity index (χ0v) is 11.1. The molecule has 0 fully saturated rings. The van der Waals surface area contributed by atoms with Gasteiger partial charge in [0.15, 0.2) is 5.82 Å². The predicted octanol–water partition coefficient (Wildman–Crippen LogP) is 1.58. The molecule has 0 aromatic carbocycles. The average molecular weight is 249 g/mol. The van der Waals surface area contributed by atoms with Crippen molar-refractivity contribution in [1.82, 2.24) is 19.9 Å². The van der Waals surface area contributed by atoms with Crippen molar-refractivity contribution in [3.05, 3.63) is 17.6 Å². The van der Waals surface area contributed by atoms with Gasteiger partial charge in [0.2, 0.25) is 0 Å². The van der Waals surface area contributed by atoms with Crippen molar-refractivity contribution < 1.29 is 4.52 Å². The quantitative estimate of drug-likeness (QED) is 0.869. The number of aryl methyl sites for hydroxylation is 2. The van der Waals surface area contributed by atoms with Crippen molar-refractivity contribution in [2.75, 3.05) is 6.54 Å². The molecule has 2 heterocycles. The third-order valence-electron chi connectivity index (χ3n) is 2.95. The van der Waals surface area contributed by atoms with E-state index in [0.717, 1.165) is 24.4 Å². The zero-order chi connectivity index (χ0) is 13.1. The van der Waals surface area contributed by atoms with Gasteiger partial charge in [-0.15, -0.1) is 0 Å². The van der Waals surface area contributed by atoms with Gasteiger partial charge in [0.1, 0.15) is 5.69 Å². The number of hydrogen-bond acceptors (Lipinski definition) is 5. The van der Waals surface area contributed by atoms with Crippen LogP contribution in [0.4, 0.5) is 0 Å². The molecule has 2 N–H and O–H groups in total. The van der Waals surface area contributed by atoms with Crippen LogP contribution in [0.5, 0.6) is 0 Å². The van der Waals surface area contributed by atoms with Crippen LogP contribution in [0.2, 0.25) is 0 Å². The standard InChI is InChI=1S/C12H19N5O/c1-4-9-6-10(17(5-2)15-9)12-14-11(16-18-12)8(3)7-13/h6,8H,4-5,7,13H2,1-3H3. The molecule has 0 aliphatic rings. The van der Waals surface area contributed by atoms with E-state index in [2.05, 4.69) is 22.2 Å². The highest BCUT2D eigenvalue weighted by molar-refractivity contribution is 5.48. The lowest BCUT2D eigenvalue weighted by Gasteiger charge is -2.00. The average Bonchev–Trinajstić information content (AvgIpc) is 3.03. The molecule has 0 saturated carbocycles. The van der Waals surface area contributed by atoms with Crippen LogP contribution in [0.1, 0.15) is 38.2 Å². The summed E-state index contributed by atoms with van der Waals surface area (Å²) in [6.07, 6.45) is 0.889. The number of rotatable bonds is 5. The Bertz CT molecular complexity index is 516. The van der Waals surface area contributed by atoms with Gasteiger partial charge < -0.3 is 10.3 Å². The largest absolute Gasteiger partial charge is 0.332 e. The van der Waals surface area contributed by atoms with Crippen molar-refractivity contribution in [1.29, 1.82) is 0 Å². The maximum atomic E-state index is 5.59. The minimum absolute atomic E-state index is 0.103. The Morgan fingerprint density at radius 2 is 2.22 bits per heavy atom. The summed E-state index contributed by atoms with van der Waals surface area (Å²) in [6, 6.07) is 1.99. The number of aromatic nitrogens is 4. The molecular weight excluding hydrogens is 230 g/mol. The first-order valence-corrected chi connectivity index (χ1v) is 6.30. The molecule has 2 rings (SSSR count). The Labute approximate surface area is 106 Å². The van der Waals surface area contributed by atoms with Crippen molar-refractivity contribution in [3.8, 4) is 11.6 Å². The monoisotopic (exact) mass is 249 g/mol. The molecule has 2 aromatic heterocycles. The van der Waals surface area contributed by atoms with Gasteiger partial charge in [0.25, 0.3) is 5.89 Å². The molecule has 0 amide bonds. The highest BCUT2D eigenvalue weighted by Gasteiger charge is 2.17. The fourth-order valence-electron chi connectivity index (χ4n) is 1.70. The fraction of sp³-hybridized carbons (Fsp3) is 0.583. The third kappa shape index (κ3) is 2.28. The van der Waals surface area contributed by atoms with E-state index in [1.54, 1.807) is 0 Å². The Kier molecular flexibility index (Phi) is 3.76. The Balaban J connectivity index is 2.36. The maximum Gasteiger partial charge on any atom is 0.276 e. The van der Waals surface area contributed by atoms with Crippen LogP contribution in [-0.2, 0) is 13.0 Å². The van der Waals surface area contributed by atoms with Crippen molar-refractivity contribution in [2.24, 2.45) is 5.73 Å². The Morgan fingerprint density at radius 3 is 2.83 bits per heavy atom. The van der Waals surface area contributed by atoms with Crippen LogP contribution < -0.4 is 5.73 Å². The Morgan fingerprint density at radius 1 is 1.44 bits per heavy atom. The second-order valence-corrected chi connectivity index (χ2v) is 4.28. The molecule has 0 spiro atoms. The van der Waals surface area contributed by atoms with Gasteiger partial charge in [-0.3, -0.25) is 4.68 Å². The van der Waals surface area contributed by atoms with E-state index in [-0.39, 0.29) is 5.92 Å². The van der Waals surface area contributed by atoms with Gasteiger partial charge in [-0.1, -0.05) is 19.0 Å². The van der Waals surface area contributed by atoms with Gasteiger partial charge >= 0.3 is 0 Å². The molecule has 0 aliphatic heterocycles. The first-order valence-electron chi connectivity index (χ1n) is 6.30. The van der Waals surface area contributed by atoms with Crippen molar-refractivity contribution in [3.63, 3.8) is 0 Å². The Hall–Kier alpha value is -1.69. The second-order valence-electron chi connectivity index (χ2n) is 4.28. The van der Waals surface area contributed by atoms with Crippen LogP contribution in [0, 0.1) is 0 Å². The van der Waals surface area contributed by atoms with Gasteiger partial charge in [-0.25, -0.2) is 0 Å². The SMILES string of the molecule is CCc1cc(-c2nc(C(C)CN)no2)n(CC)n1.